The van der Waals surface area contributed by atoms with E-state index < -0.39 is 0 Å². The summed E-state index contributed by atoms with van der Waals surface area (Å²) < 4.78 is 1.89. The summed E-state index contributed by atoms with van der Waals surface area (Å²) in [6.45, 7) is 7.21. The maximum absolute atomic E-state index is 13.2. The lowest BCUT2D eigenvalue weighted by Gasteiger charge is -2.24. The number of thiazole rings is 1. The lowest BCUT2D eigenvalue weighted by Crippen LogP contribution is -2.39. The normalized spacial score (nSPS) is 21.4. The maximum atomic E-state index is 13.2. The second-order valence-electron chi connectivity index (χ2n) is 7.94. The fraction of sp³-hybridized carbons (Fsp3) is 0.429. The zero-order valence-electron chi connectivity index (χ0n) is 16.8. The molecule has 7 nitrogen and oxygen atoms in total. The van der Waals surface area contributed by atoms with Crippen molar-refractivity contribution < 1.29 is 9.59 Å². The lowest BCUT2D eigenvalue weighted by molar-refractivity contribution is -0.129. The van der Waals surface area contributed by atoms with Crippen LogP contribution in [0.4, 0.5) is 0 Å². The highest BCUT2D eigenvalue weighted by atomic mass is 32.1. The Morgan fingerprint density at radius 2 is 2.07 bits per heavy atom. The molecule has 2 fully saturated rings. The SMILES string of the molecule is Cc1nc(C)c(CN2C(=O)C[C@H]3[C@@H]2CCN3C(=O)c2cn3cccc(C)c3n2)s1. The number of nitrogens with zero attached hydrogens (tertiary/aromatic N) is 5. The highest BCUT2D eigenvalue weighted by Gasteiger charge is 2.48. The van der Waals surface area contributed by atoms with Gasteiger partial charge < -0.3 is 14.2 Å². The van der Waals surface area contributed by atoms with Crippen molar-refractivity contribution in [2.75, 3.05) is 6.54 Å². The average molecular weight is 410 g/mol. The number of likely N-dealkylation sites (tertiary alicyclic amines) is 2. The molecule has 8 heteroatoms. The van der Waals surface area contributed by atoms with Gasteiger partial charge in [0, 0.05) is 30.2 Å². The Morgan fingerprint density at radius 3 is 2.79 bits per heavy atom. The standard InChI is InChI=1S/C21H23N5O2S/c1-12-5-4-7-24-10-15(23-20(12)24)21(28)25-8-6-16-17(25)9-19(27)26(16)11-18-13(2)22-14(3)29-18/h4-5,7,10,16-17H,6,8-9,11H2,1-3H3/t16-,17-/m0/s1. The van der Waals surface area contributed by atoms with Crippen molar-refractivity contribution in [3.8, 4) is 0 Å². The van der Waals surface area contributed by atoms with Crippen LogP contribution in [0.2, 0.25) is 0 Å². The molecule has 5 heterocycles. The van der Waals surface area contributed by atoms with E-state index in [1.807, 2.05) is 53.3 Å². The Bertz CT molecular complexity index is 1130. The van der Waals surface area contributed by atoms with Crippen LogP contribution in [0.15, 0.2) is 24.5 Å². The van der Waals surface area contributed by atoms with Gasteiger partial charge in [0.05, 0.1) is 29.3 Å². The van der Waals surface area contributed by atoms with Gasteiger partial charge in [-0.2, -0.15) is 0 Å². The topological polar surface area (TPSA) is 70.8 Å². The van der Waals surface area contributed by atoms with Gasteiger partial charge >= 0.3 is 0 Å². The number of hydrogen-bond donors (Lipinski definition) is 0. The lowest BCUT2D eigenvalue weighted by atomic mass is 10.1. The third-order valence-corrected chi connectivity index (χ3v) is 7.14. The van der Waals surface area contributed by atoms with Crippen LogP contribution in [0.25, 0.3) is 5.65 Å². The largest absolute Gasteiger partial charge is 0.332 e. The minimum absolute atomic E-state index is 0.0739. The fourth-order valence-electron chi connectivity index (χ4n) is 4.66. The Kier molecular flexibility index (Phi) is 4.20. The molecule has 29 heavy (non-hydrogen) atoms. The van der Waals surface area contributed by atoms with E-state index in [0.29, 0.717) is 25.2 Å². The van der Waals surface area contributed by atoms with Crippen molar-refractivity contribution in [1.82, 2.24) is 24.2 Å². The summed E-state index contributed by atoms with van der Waals surface area (Å²) in [5.74, 6) is 0.0360. The molecule has 0 N–H and O–H groups in total. The molecule has 2 aliphatic heterocycles. The number of imidazole rings is 1. The van der Waals surface area contributed by atoms with Crippen molar-refractivity contribution in [1.29, 1.82) is 0 Å². The quantitative estimate of drug-likeness (QED) is 0.667. The van der Waals surface area contributed by atoms with Crippen LogP contribution < -0.4 is 0 Å². The number of aromatic nitrogens is 3. The number of hydrogen-bond acceptors (Lipinski definition) is 5. The molecule has 2 atom stereocenters. The van der Waals surface area contributed by atoms with E-state index in [9.17, 15) is 9.59 Å². The number of amides is 2. The van der Waals surface area contributed by atoms with E-state index in [0.717, 1.165) is 33.2 Å². The van der Waals surface area contributed by atoms with Gasteiger partial charge in [-0.3, -0.25) is 9.59 Å². The first-order chi connectivity index (χ1) is 13.9. The minimum atomic E-state index is -0.0833. The maximum Gasteiger partial charge on any atom is 0.274 e. The molecular formula is C21H23N5O2S. The molecular weight excluding hydrogens is 386 g/mol. The molecule has 0 aliphatic carbocycles. The number of carbonyl (C=O) groups is 2. The number of pyridine rings is 1. The molecule has 0 saturated carbocycles. The van der Waals surface area contributed by atoms with Crippen LogP contribution in [0.5, 0.6) is 0 Å². The van der Waals surface area contributed by atoms with Gasteiger partial charge in [-0.05, 0) is 38.8 Å². The van der Waals surface area contributed by atoms with Gasteiger partial charge in [-0.15, -0.1) is 11.3 Å². The second-order valence-corrected chi connectivity index (χ2v) is 9.23. The van der Waals surface area contributed by atoms with E-state index in [1.54, 1.807) is 17.5 Å². The minimum Gasteiger partial charge on any atom is -0.332 e. The monoisotopic (exact) mass is 409 g/mol. The third kappa shape index (κ3) is 2.93. The molecule has 2 aliphatic rings. The predicted molar refractivity (Wildman–Crippen MR) is 110 cm³/mol. The van der Waals surface area contributed by atoms with Gasteiger partial charge in [0.25, 0.3) is 5.91 Å². The summed E-state index contributed by atoms with van der Waals surface area (Å²) in [5, 5.41) is 1.02. The van der Waals surface area contributed by atoms with Crippen molar-refractivity contribution in [3.05, 3.63) is 51.4 Å². The molecule has 0 spiro atoms. The van der Waals surface area contributed by atoms with Gasteiger partial charge in [0.15, 0.2) is 0 Å². The van der Waals surface area contributed by atoms with E-state index in [-0.39, 0.29) is 23.9 Å². The smallest absolute Gasteiger partial charge is 0.274 e. The zero-order chi connectivity index (χ0) is 20.3. The first-order valence-corrected chi connectivity index (χ1v) is 10.7. The molecule has 0 aromatic carbocycles. The van der Waals surface area contributed by atoms with E-state index in [1.165, 1.54) is 0 Å². The van der Waals surface area contributed by atoms with Crippen LogP contribution in [-0.2, 0) is 11.3 Å². The van der Waals surface area contributed by atoms with Gasteiger partial charge in [0.1, 0.15) is 11.3 Å². The second kappa shape index (κ2) is 6.66. The Labute approximate surface area is 173 Å². The van der Waals surface area contributed by atoms with Crippen LogP contribution in [-0.4, -0.2) is 54.6 Å². The molecule has 2 saturated heterocycles. The third-order valence-electron chi connectivity index (χ3n) is 6.09. The molecule has 2 amide bonds. The molecule has 150 valence electrons. The highest BCUT2D eigenvalue weighted by Crippen LogP contribution is 2.35. The molecule has 0 radical (unpaired) electrons. The van der Waals surface area contributed by atoms with Crippen molar-refractivity contribution in [3.63, 3.8) is 0 Å². The highest BCUT2D eigenvalue weighted by molar-refractivity contribution is 7.11. The van der Waals surface area contributed by atoms with E-state index in [4.69, 9.17) is 0 Å². The van der Waals surface area contributed by atoms with Crippen molar-refractivity contribution in [2.24, 2.45) is 0 Å². The molecule has 3 aromatic heterocycles. The number of aryl methyl sites for hydroxylation is 3. The summed E-state index contributed by atoms with van der Waals surface area (Å²) in [5.41, 5.74) is 3.27. The summed E-state index contributed by atoms with van der Waals surface area (Å²) in [4.78, 5) is 39.9. The first kappa shape index (κ1) is 18.3. The predicted octanol–water partition coefficient (Wildman–Crippen LogP) is 2.73. The zero-order valence-corrected chi connectivity index (χ0v) is 17.6. The molecule has 5 rings (SSSR count). The number of carbonyl (C=O) groups excluding carboxylic acids is 2. The average Bonchev–Trinajstić information content (AvgIpc) is 3.41. The summed E-state index contributed by atoms with van der Waals surface area (Å²) >= 11 is 1.65. The first-order valence-electron chi connectivity index (χ1n) is 9.90. The van der Waals surface area contributed by atoms with Crippen molar-refractivity contribution in [2.45, 2.75) is 52.2 Å². The Morgan fingerprint density at radius 1 is 1.24 bits per heavy atom. The van der Waals surface area contributed by atoms with E-state index >= 15 is 0 Å². The summed E-state index contributed by atoms with van der Waals surface area (Å²) in [6.07, 6.45) is 4.89. The van der Waals surface area contributed by atoms with Crippen LogP contribution in [0.1, 0.15) is 44.5 Å². The van der Waals surface area contributed by atoms with Crippen molar-refractivity contribution >= 4 is 28.8 Å². The Hall–Kier alpha value is -2.74. The molecule has 0 unspecified atom stereocenters. The molecule has 3 aromatic rings. The van der Waals surface area contributed by atoms with Gasteiger partial charge in [0.2, 0.25) is 5.91 Å². The fourth-order valence-corrected chi connectivity index (χ4v) is 5.60. The summed E-state index contributed by atoms with van der Waals surface area (Å²) in [7, 11) is 0. The van der Waals surface area contributed by atoms with Crippen LogP contribution >= 0.6 is 11.3 Å². The van der Waals surface area contributed by atoms with Crippen LogP contribution in [0.3, 0.4) is 0 Å². The van der Waals surface area contributed by atoms with E-state index in [2.05, 4.69) is 9.97 Å². The number of rotatable bonds is 3. The van der Waals surface area contributed by atoms with Crippen LogP contribution in [0, 0.1) is 20.8 Å². The van der Waals surface area contributed by atoms with Gasteiger partial charge in [-0.25, -0.2) is 9.97 Å². The Balaban J connectivity index is 1.38. The summed E-state index contributed by atoms with van der Waals surface area (Å²) in [6, 6.07) is 3.93. The molecule has 0 bridgehead atoms. The number of fused-ring (bicyclic) bond motifs is 2. The van der Waals surface area contributed by atoms with Gasteiger partial charge in [-0.1, -0.05) is 6.07 Å².